The van der Waals surface area contributed by atoms with Gasteiger partial charge < -0.3 is 10.1 Å². The van der Waals surface area contributed by atoms with Gasteiger partial charge in [0.2, 0.25) is 0 Å². The highest BCUT2D eigenvalue weighted by Crippen LogP contribution is 2.29. The van der Waals surface area contributed by atoms with Crippen LogP contribution in [0, 0.1) is 0 Å². The first-order chi connectivity index (χ1) is 14.9. The van der Waals surface area contributed by atoms with E-state index in [1.807, 2.05) is 0 Å². The molecule has 4 rings (SSSR count). The summed E-state index contributed by atoms with van der Waals surface area (Å²) in [6.45, 7) is 0.0224. The van der Waals surface area contributed by atoms with Crippen molar-refractivity contribution in [2.75, 3.05) is 12.4 Å². The van der Waals surface area contributed by atoms with Crippen LogP contribution in [0.1, 0.15) is 36.6 Å². The van der Waals surface area contributed by atoms with Crippen molar-refractivity contribution in [1.82, 2.24) is 4.90 Å². The van der Waals surface area contributed by atoms with Gasteiger partial charge in [0.1, 0.15) is 5.75 Å². The van der Waals surface area contributed by atoms with Crippen LogP contribution in [0.3, 0.4) is 0 Å². The normalized spacial score (nSPS) is 12.7. The van der Waals surface area contributed by atoms with E-state index in [9.17, 15) is 14.4 Å². The van der Waals surface area contributed by atoms with E-state index in [4.69, 9.17) is 27.9 Å². The zero-order chi connectivity index (χ0) is 22.1. The molecule has 156 valence electrons. The van der Waals surface area contributed by atoms with Gasteiger partial charge in [-0.05, 0) is 48.0 Å². The summed E-state index contributed by atoms with van der Waals surface area (Å²) in [6, 6.07) is 16.3. The average Bonchev–Trinajstić information content (AvgIpc) is 3.01. The average molecular weight is 455 g/mol. The summed E-state index contributed by atoms with van der Waals surface area (Å²) in [6.07, 6.45) is 0. The molecule has 0 saturated carbocycles. The standard InChI is InChI=1S/C23H16Cl2N2O4/c1-31-20-9-6-13(12-27-22(29)15-4-2-3-5-16(15)23(27)30)10-17(20)21(28)26-19-11-14(24)7-8-18(19)25/h2-11H,12H2,1H3,(H,26,28). The fourth-order valence-electron chi connectivity index (χ4n) is 3.38. The maximum atomic E-state index is 12.9. The number of fused-ring (bicyclic) bond motifs is 1. The molecule has 0 fully saturated rings. The number of benzene rings is 3. The van der Waals surface area contributed by atoms with Crippen molar-refractivity contribution < 1.29 is 19.1 Å². The Morgan fingerprint density at radius 3 is 2.29 bits per heavy atom. The van der Waals surface area contributed by atoms with E-state index in [2.05, 4.69) is 5.32 Å². The Labute approximate surface area is 188 Å². The quantitative estimate of drug-likeness (QED) is 0.547. The van der Waals surface area contributed by atoms with Crippen LogP contribution < -0.4 is 10.1 Å². The monoisotopic (exact) mass is 454 g/mol. The second-order valence-corrected chi connectivity index (χ2v) is 7.70. The van der Waals surface area contributed by atoms with Crippen molar-refractivity contribution in [3.05, 3.63) is 93.0 Å². The molecule has 3 amide bonds. The van der Waals surface area contributed by atoms with Crippen LogP contribution in [0.25, 0.3) is 0 Å². The molecule has 3 aromatic carbocycles. The Kier molecular flexibility index (Phi) is 5.67. The molecule has 0 unspecified atom stereocenters. The zero-order valence-electron chi connectivity index (χ0n) is 16.3. The number of nitrogens with zero attached hydrogens (tertiary/aromatic N) is 1. The molecule has 1 N–H and O–H groups in total. The summed E-state index contributed by atoms with van der Waals surface area (Å²) in [4.78, 5) is 39.3. The highest BCUT2D eigenvalue weighted by atomic mass is 35.5. The lowest BCUT2D eigenvalue weighted by atomic mass is 10.1. The lowest BCUT2D eigenvalue weighted by Crippen LogP contribution is -2.29. The van der Waals surface area contributed by atoms with E-state index in [1.54, 1.807) is 54.6 Å². The maximum absolute atomic E-state index is 12.9. The smallest absolute Gasteiger partial charge is 0.261 e. The molecular weight excluding hydrogens is 439 g/mol. The molecule has 8 heteroatoms. The summed E-state index contributed by atoms with van der Waals surface area (Å²) >= 11 is 12.1. The summed E-state index contributed by atoms with van der Waals surface area (Å²) in [5, 5.41) is 3.47. The van der Waals surface area contributed by atoms with Gasteiger partial charge in [-0.1, -0.05) is 41.4 Å². The molecule has 0 spiro atoms. The fraction of sp³-hybridized carbons (Fsp3) is 0.0870. The summed E-state index contributed by atoms with van der Waals surface area (Å²) in [5.41, 5.74) is 1.92. The van der Waals surface area contributed by atoms with Crippen LogP contribution in [0.15, 0.2) is 60.7 Å². The number of anilines is 1. The van der Waals surface area contributed by atoms with Gasteiger partial charge in [-0.25, -0.2) is 0 Å². The third-order valence-electron chi connectivity index (χ3n) is 4.90. The van der Waals surface area contributed by atoms with Crippen LogP contribution in [0.2, 0.25) is 10.0 Å². The number of ether oxygens (including phenoxy) is 1. The Morgan fingerprint density at radius 1 is 0.968 bits per heavy atom. The minimum Gasteiger partial charge on any atom is -0.496 e. The van der Waals surface area contributed by atoms with Gasteiger partial charge in [0.15, 0.2) is 0 Å². The molecule has 1 aliphatic heterocycles. The molecule has 0 saturated heterocycles. The molecule has 6 nitrogen and oxygen atoms in total. The van der Waals surface area contributed by atoms with Gasteiger partial charge in [-0.2, -0.15) is 0 Å². The van der Waals surface area contributed by atoms with Crippen LogP contribution in [-0.2, 0) is 6.54 Å². The van der Waals surface area contributed by atoms with Crippen molar-refractivity contribution in [3.63, 3.8) is 0 Å². The SMILES string of the molecule is COc1ccc(CN2C(=O)c3ccccc3C2=O)cc1C(=O)Nc1cc(Cl)ccc1Cl. The Morgan fingerprint density at radius 2 is 1.65 bits per heavy atom. The van der Waals surface area contributed by atoms with Gasteiger partial charge in [0, 0.05) is 5.02 Å². The summed E-state index contributed by atoms with van der Waals surface area (Å²) in [7, 11) is 1.45. The van der Waals surface area contributed by atoms with E-state index < -0.39 is 5.91 Å². The van der Waals surface area contributed by atoms with E-state index in [0.717, 1.165) is 4.90 Å². The fourth-order valence-corrected chi connectivity index (χ4v) is 3.72. The highest BCUT2D eigenvalue weighted by molar-refractivity contribution is 6.36. The first kappa shape index (κ1) is 20.9. The third kappa shape index (κ3) is 4.00. The van der Waals surface area contributed by atoms with E-state index >= 15 is 0 Å². The summed E-state index contributed by atoms with van der Waals surface area (Å²) < 4.78 is 5.31. The molecule has 0 atom stereocenters. The molecule has 0 radical (unpaired) electrons. The molecule has 1 aliphatic rings. The Bertz CT molecular complexity index is 1190. The van der Waals surface area contributed by atoms with Gasteiger partial charge in [0.05, 0.1) is 41.1 Å². The first-order valence-corrected chi connectivity index (χ1v) is 10.0. The number of rotatable bonds is 5. The molecule has 0 aliphatic carbocycles. The number of halogens is 2. The third-order valence-corrected chi connectivity index (χ3v) is 5.47. The summed E-state index contributed by atoms with van der Waals surface area (Å²) in [5.74, 6) is -0.867. The number of imide groups is 1. The predicted molar refractivity (Wildman–Crippen MR) is 118 cm³/mol. The largest absolute Gasteiger partial charge is 0.496 e. The predicted octanol–water partition coefficient (Wildman–Crippen LogP) is 5.05. The lowest BCUT2D eigenvalue weighted by Gasteiger charge is -2.16. The van der Waals surface area contributed by atoms with E-state index in [1.165, 1.54) is 13.2 Å². The van der Waals surface area contributed by atoms with Crippen molar-refractivity contribution in [1.29, 1.82) is 0 Å². The first-order valence-electron chi connectivity index (χ1n) is 9.27. The Balaban J connectivity index is 1.61. The van der Waals surface area contributed by atoms with Crippen molar-refractivity contribution in [2.24, 2.45) is 0 Å². The molecule has 1 heterocycles. The number of hydrogen-bond donors (Lipinski definition) is 1. The molecule has 0 aromatic heterocycles. The second-order valence-electron chi connectivity index (χ2n) is 6.85. The van der Waals surface area contributed by atoms with Crippen molar-refractivity contribution >= 4 is 46.6 Å². The maximum Gasteiger partial charge on any atom is 0.261 e. The number of amides is 3. The van der Waals surface area contributed by atoms with Gasteiger partial charge >= 0.3 is 0 Å². The molecular formula is C23H16Cl2N2O4. The molecule has 31 heavy (non-hydrogen) atoms. The molecule has 3 aromatic rings. The van der Waals surface area contributed by atoms with Gasteiger partial charge in [-0.15, -0.1) is 0 Å². The Hall–Kier alpha value is -3.35. The van der Waals surface area contributed by atoms with E-state index in [-0.39, 0.29) is 23.9 Å². The number of carbonyl (C=O) groups is 3. The van der Waals surface area contributed by atoms with Crippen molar-refractivity contribution in [2.45, 2.75) is 6.54 Å². The minimum atomic E-state index is -0.467. The van der Waals surface area contributed by atoms with Gasteiger partial charge in [0.25, 0.3) is 17.7 Å². The van der Waals surface area contributed by atoms with Crippen LogP contribution in [0.4, 0.5) is 5.69 Å². The number of nitrogens with one attached hydrogen (secondary N) is 1. The molecule has 0 bridgehead atoms. The zero-order valence-corrected chi connectivity index (χ0v) is 17.8. The van der Waals surface area contributed by atoms with Crippen LogP contribution >= 0.6 is 23.2 Å². The lowest BCUT2D eigenvalue weighted by molar-refractivity contribution is 0.0642. The second kappa shape index (κ2) is 8.41. The number of methoxy groups -OCH3 is 1. The van der Waals surface area contributed by atoms with Crippen LogP contribution in [-0.4, -0.2) is 29.7 Å². The van der Waals surface area contributed by atoms with Crippen molar-refractivity contribution in [3.8, 4) is 5.75 Å². The highest BCUT2D eigenvalue weighted by Gasteiger charge is 2.35. The topological polar surface area (TPSA) is 75.7 Å². The van der Waals surface area contributed by atoms with Crippen LogP contribution in [0.5, 0.6) is 5.75 Å². The number of carbonyl (C=O) groups excluding carboxylic acids is 3. The van der Waals surface area contributed by atoms with E-state index in [0.29, 0.717) is 38.2 Å². The number of hydrogen-bond acceptors (Lipinski definition) is 4. The van der Waals surface area contributed by atoms with Gasteiger partial charge in [-0.3, -0.25) is 19.3 Å². The minimum absolute atomic E-state index is 0.0224.